The fourth-order valence-electron chi connectivity index (χ4n) is 10.4. The number of esters is 2. The maximum atomic E-state index is 12.4. The van der Waals surface area contributed by atoms with Crippen molar-refractivity contribution in [2.75, 3.05) is 7.11 Å². The van der Waals surface area contributed by atoms with Gasteiger partial charge in [-0.1, -0.05) is 101 Å². The second-order valence-corrected chi connectivity index (χ2v) is 18.9. The summed E-state index contributed by atoms with van der Waals surface area (Å²) in [6, 6.07) is 9.34. The molecule has 4 aliphatic carbocycles. The standard InChI is InChI=1S/C24H38O4.C21H23NO3.C13H18O3/c1-3-5-7-9-21-18(12-15-23(21)25)11-14-20(28-27)17-19-13-16-24(26)22(19)10-8-6-4-2;1-2-3-4-9-17-16(11-12-18(17)23)14-20(24)25-19-10-5-7-15-8-6-13-22-21(15)19;1-3-4-5-6-11-10(7-8-12(11)14)9-13(15)16-2/h5-8,18-22,27H,3-4,9-17H2,1-2H3;3-8,10,13,16-17H,2,9,11-12,14H2,1H3;4-5,7-8,10-11H,3,6,9H2,1-2H3/b7-5-,8-6-;4-3-;5-4+/t;;10-,11-/m..1/s1. The molecular weight excluding hydrogens is 871 g/mol. The molecule has 0 radical (unpaired) electrons. The number of nitrogens with zero attached hydrogens (tertiary/aromatic N) is 1. The molecule has 11 heteroatoms. The third kappa shape index (κ3) is 18.3. The largest absolute Gasteiger partial charge is 0.469 e. The first kappa shape index (κ1) is 56.5. The van der Waals surface area contributed by atoms with E-state index in [9.17, 15) is 34.0 Å². The summed E-state index contributed by atoms with van der Waals surface area (Å²) >= 11 is 0. The first-order valence-corrected chi connectivity index (χ1v) is 25.8. The molecular formula is C58H79NO10. The molecule has 11 nitrogen and oxygen atoms in total. The van der Waals surface area contributed by atoms with Gasteiger partial charge in [-0.3, -0.25) is 39.0 Å². The molecule has 4 aliphatic rings. The number of pyridine rings is 1. The summed E-state index contributed by atoms with van der Waals surface area (Å²) in [6.45, 7) is 8.32. The normalized spacial score (nSPS) is 25.0. The molecule has 2 aromatic rings. The van der Waals surface area contributed by atoms with E-state index in [0.29, 0.717) is 66.8 Å². The van der Waals surface area contributed by atoms with Gasteiger partial charge in [-0.05, 0) is 132 Å². The topological polar surface area (TPSA) is 163 Å². The molecule has 1 N–H and O–H groups in total. The summed E-state index contributed by atoms with van der Waals surface area (Å²) in [5.41, 5.74) is 0.684. The monoisotopic (exact) mass is 950 g/mol. The predicted molar refractivity (Wildman–Crippen MR) is 271 cm³/mol. The third-order valence-electron chi connectivity index (χ3n) is 14.2. The van der Waals surface area contributed by atoms with E-state index in [0.717, 1.165) is 88.9 Å². The van der Waals surface area contributed by atoms with Crippen LogP contribution in [0.25, 0.3) is 10.9 Å². The van der Waals surface area contributed by atoms with Crippen molar-refractivity contribution in [2.45, 2.75) is 156 Å². The maximum Gasteiger partial charge on any atom is 0.311 e. The van der Waals surface area contributed by atoms with E-state index in [2.05, 4.69) is 73.9 Å². The number of fused-ring (bicyclic) bond motifs is 1. The second-order valence-electron chi connectivity index (χ2n) is 18.9. The van der Waals surface area contributed by atoms with Crippen LogP contribution in [0.1, 0.15) is 150 Å². The molecule has 9 atom stereocenters. The molecule has 0 amide bonds. The van der Waals surface area contributed by atoms with Gasteiger partial charge in [0.1, 0.15) is 22.9 Å². The molecule has 3 saturated carbocycles. The lowest BCUT2D eigenvalue weighted by Crippen LogP contribution is -2.23. The molecule has 0 saturated heterocycles. The Morgan fingerprint density at radius 3 is 1.75 bits per heavy atom. The van der Waals surface area contributed by atoms with E-state index in [4.69, 9.17) is 9.62 Å². The Balaban J connectivity index is 0.000000234. The SMILES string of the molecule is CC/C=C/C[C@H]1C(=O)C=C[C@@H]1CC(=O)OC.CC/C=C\CC1C(=O)CCC1CC(=O)Oc1cccc2cccnc12.CC/C=C\CC1C(=O)CCC1CCC(CC1CCC(=O)C1C/C=C\CC)OO. The Morgan fingerprint density at radius 1 is 0.667 bits per heavy atom. The number of hydrogen-bond donors (Lipinski definition) is 1. The number of carbonyl (C=O) groups excluding carboxylic acids is 6. The molecule has 0 aliphatic heterocycles. The van der Waals surface area contributed by atoms with E-state index in [1.54, 1.807) is 18.3 Å². The molecule has 7 unspecified atom stereocenters. The summed E-state index contributed by atoms with van der Waals surface area (Å²) in [4.78, 5) is 80.8. The zero-order valence-electron chi connectivity index (χ0n) is 41.9. The van der Waals surface area contributed by atoms with Crippen molar-refractivity contribution < 1.29 is 48.4 Å². The Bertz CT molecular complexity index is 2110. The van der Waals surface area contributed by atoms with Gasteiger partial charge in [-0.2, -0.15) is 0 Å². The van der Waals surface area contributed by atoms with Crippen LogP contribution >= 0.6 is 0 Å². The highest BCUT2D eigenvalue weighted by Gasteiger charge is 2.38. The zero-order valence-corrected chi connectivity index (χ0v) is 41.9. The number of ketones is 4. The molecule has 6 rings (SSSR count). The summed E-state index contributed by atoms with van der Waals surface area (Å²) in [7, 11) is 1.37. The van der Waals surface area contributed by atoms with Crippen molar-refractivity contribution in [1.82, 2.24) is 4.98 Å². The lowest BCUT2D eigenvalue weighted by Gasteiger charge is -2.24. The van der Waals surface area contributed by atoms with Crippen molar-refractivity contribution in [1.29, 1.82) is 0 Å². The smallest absolute Gasteiger partial charge is 0.311 e. The van der Waals surface area contributed by atoms with E-state index >= 15 is 0 Å². The molecule has 0 bridgehead atoms. The van der Waals surface area contributed by atoms with Crippen LogP contribution in [-0.2, 0) is 38.4 Å². The molecule has 0 spiro atoms. The maximum absolute atomic E-state index is 12.4. The van der Waals surface area contributed by atoms with Crippen LogP contribution < -0.4 is 4.74 Å². The Kier molecular flexibility index (Phi) is 25.5. The first-order chi connectivity index (χ1) is 33.5. The van der Waals surface area contributed by atoms with E-state index in [1.807, 2.05) is 42.5 Å². The minimum atomic E-state index is -0.290. The number of Topliss-reactive ketones (excluding diaryl/α,β-unsaturated/α-hetero) is 3. The zero-order chi connectivity index (χ0) is 50.0. The highest BCUT2D eigenvalue weighted by atomic mass is 17.1. The van der Waals surface area contributed by atoms with Crippen LogP contribution in [0.3, 0.4) is 0 Å². The molecule has 1 aromatic heterocycles. The number of aromatic nitrogens is 1. The fourth-order valence-corrected chi connectivity index (χ4v) is 10.4. The van der Waals surface area contributed by atoms with Crippen LogP contribution in [-0.4, -0.2) is 58.5 Å². The van der Waals surface area contributed by atoms with E-state index in [-0.39, 0.29) is 71.5 Å². The number of para-hydroxylation sites is 1. The Morgan fingerprint density at radius 2 is 1.19 bits per heavy atom. The summed E-state index contributed by atoms with van der Waals surface area (Å²) in [5.74, 6) is 1.88. The van der Waals surface area contributed by atoms with E-state index in [1.165, 1.54) is 7.11 Å². The summed E-state index contributed by atoms with van der Waals surface area (Å²) in [6.07, 6.45) is 36.0. The van der Waals surface area contributed by atoms with Gasteiger partial charge in [-0.25, -0.2) is 4.89 Å². The average Bonchev–Trinajstić information content (AvgIpc) is 4.10. The van der Waals surface area contributed by atoms with Gasteiger partial charge in [-0.15, -0.1) is 0 Å². The summed E-state index contributed by atoms with van der Waals surface area (Å²) < 4.78 is 10.2. The second kappa shape index (κ2) is 31.2. The van der Waals surface area contributed by atoms with Crippen LogP contribution in [0, 0.1) is 47.3 Å². The first-order valence-electron chi connectivity index (χ1n) is 25.8. The number of rotatable bonds is 23. The van der Waals surface area contributed by atoms with Gasteiger partial charge in [0.2, 0.25) is 0 Å². The number of methoxy groups -OCH3 is 1. The van der Waals surface area contributed by atoms with Crippen LogP contribution in [0.2, 0.25) is 0 Å². The molecule has 1 aromatic carbocycles. The van der Waals surface area contributed by atoms with Crippen LogP contribution in [0.5, 0.6) is 5.75 Å². The number of hydrogen-bond acceptors (Lipinski definition) is 11. The molecule has 69 heavy (non-hydrogen) atoms. The highest BCUT2D eigenvalue weighted by molar-refractivity contribution is 5.95. The Labute approximate surface area is 411 Å². The molecule has 1 heterocycles. The molecule has 3 fully saturated rings. The minimum Gasteiger partial charge on any atom is -0.469 e. The minimum absolute atomic E-state index is 0.00135. The molecule has 376 valence electrons. The highest BCUT2D eigenvalue weighted by Crippen LogP contribution is 2.39. The van der Waals surface area contributed by atoms with Crippen molar-refractivity contribution in [2.24, 2.45) is 47.3 Å². The average molecular weight is 950 g/mol. The third-order valence-corrected chi connectivity index (χ3v) is 14.2. The quantitative estimate of drug-likeness (QED) is 0.0371. The number of ether oxygens (including phenoxy) is 2. The van der Waals surface area contributed by atoms with Gasteiger partial charge < -0.3 is 9.47 Å². The van der Waals surface area contributed by atoms with Crippen molar-refractivity contribution in [3.8, 4) is 5.75 Å². The van der Waals surface area contributed by atoms with E-state index < -0.39 is 0 Å². The van der Waals surface area contributed by atoms with Gasteiger partial charge in [0.25, 0.3) is 0 Å². The Hall–Kier alpha value is -5.13. The van der Waals surface area contributed by atoms with Gasteiger partial charge in [0, 0.05) is 60.9 Å². The predicted octanol–water partition coefficient (Wildman–Crippen LogP) is 12.7. The van der Waals surface area contributed by atoms with Crippen molar-refractivity contribution in [3.63, 3.8) is 0 Å². The van der Waals surface area contributed by atoms with Gasteiger partial charge in [0.05, 0.1) is 19.6 Å². The number of benzene rings is 1. The lowest BCUT2D eigenvalue weighted by atomic mass is 9.84. The number of carbonyl (C=O) groups is 6. The van der Waals surface area contributed by atoms with Crippen LogP contribution in [0.4, 0.5) is 0 Å². The summed E-state index contributed by atoms with van der Waals surface area (Å²) in [5, 5.41) is 10.4. The lowest BCUT2D eigenvalue weighted by molar-refractivity contribution is -0.284. The van der Waals surface area contributed by atoms with Gasteiger partial charge >= 0.3 is 11.9 Å². The van der Waals surface area contributed by atoms with Gasteiger partial charge in [0.15, 0.2) is 11.5 Å². The van der Waals surface area contributed by atoms with Crippen molar-refractivity contribution >= 4 is 46.0 Å². The fraction of sp³-hybridized carbons (Fsp3) is 0.569. The van der Waals surface area contributed by atoms with Crippen molar-refractivity contribution in [3.05, 3.63) is 97.3 Å². The van der Waals surface area contributed by atoms with Crippen LogP contribution in [0.15, 0.2) is 97.3 Å². The number of allylic oxidation sites excluding steroid dienone is 10.